The second-order valence-corrected chi connectivity index (χ2v) is 12.7. The molecule has 4 aliphatic carbocycles. The van der Waals surface area contributed by atoms with Crippen molar-refractivity contribution in [3.8, 4) is 0 Å². The Hall–Kier alpha value is -1.16. The third-order valence-corrected chi connectivity index (χ3v) is 10.6. The summed E-state index contributed by atoms with van der Waals surface area (Å²) in [4.78, 5) is 26.3. The average Bonchev–Trinajstić information content (AvgIpc) is 3.38. The molecule has 8 unspecified atom stereocenters. The SMILES string of the molecule is CCCCCCCCC(C)OCC12C=C(C(C)C)C3(C(=O)O)C1CC1C(C)CCC1C3(C=O)C2. The molecule has 192 valence electrons. The van der Waals surface area contributed by atoms with Crippen molar-refractivity contribution in [2.24, 2.45) is 45.8 Å². The summed E-state index contributed by atoms with van der Waals surface area (Å²) in [7, 11) is 0. The van der Waals surface area contributed by atoms with Crippen molar-refractivity contribution >= 4 is 12.3 Å². The highest BCUT2D eigenvalue weighted by molar-refractivity contribution is 5.89. The van der Waals surface area contributed by atoms with E-state index in [1.165, 1.54) is 38.5 Å². The maximum atomic E-state index is 13.2. The summed E-state index contributed by atoms with van der Waals surface area (Å²) in [5, 5.41) is 10.9. The average molecular weight is 473 g/mol. The highest BCUT2D eigenvalue weighted by atomic mass is 16.5. The number of aldehydes is 1. The minimum atomic E-state index is -1.04. The molecule has 34 heavy (non-hydrogen) atoms. The van der Waals surface area contributed by atoms with Crippen molar-refractivity contribution in [3.05, 3.63) is 11.6 Å². The molecule has 4 heteroatoms. The summed E-state index contributed by atoms with van der Waals surface area (Å²) < 4.78 is 6.52. The standard InChI is InChI=1S/C30H48O4/c1-6-7-8-9-10-11-12-22(5)34-19-28-16-25(20(2)3)30(27(32)33)26(28)15-23-21(4)13-14-24(23)29(30,17-28)18-31/h16,18,20-24,26H,6-15,17,19H2,1-5H3,(H,32,33). The first-order chi connectivity index (χ1) is 16.2. The summed E-state index contributed by atoms with van der Waals surface area (Å²) in [6.45, 7) is 11.5. The first-order valence-electron chi connectivity index (χ1n) is 14.2. The van der Waals surface area contributed by atoms with Crippen LogP contribution >= 0.6 is 0 Å². The van der Waals surface area contributed by atoms with Crippen molar-refractivity contribution in [2.75, 3.05) is 6.61 Å². The minimum Gasteiger partial charge on any atom is -0.481 e. The Labute approximate surface area is 207 Å². The van der Waals surface area contributed by atoms with Gasteiger partial charge in [-0.2, -0.15) is 0 Å². The summed E-state index contributed by atoms with van der Waals surface area (Å²) in [5.41, 5.74) is -1.14. The van der Waals surface area contributed by atoms with Crippen LogP contribution in [-0.4, -0.2) is 30.1 Å². The number of ether oxygens (including phenoxy) is 1. The van der Waals surface area contributed by atoms with Crippen molar-refractivity contribution in [1.29, 1.82) is 0 Å². The lowest BCUT2D eigenvalue weighted by atomic mass is 9.47. The summed E-state index contributed by atoms with van der Waals surface area (Å²) >= 11 is 0. The van der Waals surface area contributed by atoms with E-state index in [0.29, 0.717) is 24.9 Å². The van der Waals surface area contributed by atoms with E-state index in [4.69, 9.17) is 4.74 Å². The van der Waals surface area contributed by atoms with E-state index in [0.717, 1.165) is 37.5 Å². The maximum Gasteiger partial charge on any atom is 0.315 e. The van der Waals surface area contributed by atoms with Gasteiger partial charge in [0, 0.05) is 5.41 Å². The zero-order chi connectivity index (χ0) is 24.7. The van der Waals surface area contributed by atoms with E-state index in [2.05, 4.69) is 40.7 Å². The molecule has 0 heterocycles. The normalized spacial score (nSPS) is 40.9. The van der Waals surface area contributed by atoms with E-state index >= 15 is 0 Å². The Kier molecular flexibility index (Phi) is 7.40. The number of carbonyl (C=O) groups excluding carboxylic acids is 1. The number of carbonyl (C=O) groups is 2. The van der Waals surface area contributed by atoms with Crippen LogP contribution in [0.25, 0.3) is 0 Å². The van der Waals surface area contributed by atoms with Gasteiger partial charge in [0.2, 0.25) is 0 Å². The summed E-state index contributed by atoms with van der Waals surface area (Å²) in [6.07, 6.45) is 16.0. The minimum absolute atomic E-state index is 0.0249. The van der Waals surface area contributed by atoms with Crippen LogP contribution in [0.3, 0.4) is 0 Å². The molecule has 0 radical (unpaired) electrons. The zero-order valence-corrected chi connectivity index (χ0v) is 22.3. The zero-order valence-electron chi connectivity index (χ0n) is 22.3. The van der Waals surface area contributed by atoms with Crippen LogP contribution in [-0.2, 0) is 14.3 Å². The number of unbranched alkanes of at least 4 members (excludes halogenated alkanes) is 5. The largest absolute Gasteiger partial charge is 0.481 e. The number of fused-ring (bicyclic) bond motifs is 2. The Morgan fingerprint density at radius 1 is 1.18 bits per heavy atom. The number of carboxylic acid groups (broad SMARTS) is 1. The molecule has 8 atom stereocenters. The topological polar surface area (TPSA) is 63.6 Å². The van der Waals surface area contributed by atoms with Crippen LogP contribution in [0.1, 0.15) is 105 Å². The molecule has 0 spiro atoms. The number of hydrogen-bond acceptors (Lipinski definition) is 3. The third-order valence-electron chi connectivity index (χ3n) is 10.6. The Morgan fingerprint density at radius 3 is 2.53 bits per heavy atom. The van der Waals surface area contributed by atoms with Gasteiger partial charge in [0.25, 0.3) is 0 Å². The molecule has 3 fully saturated rings. The molecule has 4 nitrogen and oxygen atoms in total. The smallest absolute Gasteiger partial charge is 0.315 e. The van der Waals surface area contributed by atoms with E-state index < -0.39 is 16.8 Å². The molecular formula is C30H48O4. The number of rotatable bonds is 13. The van der Waals surface area contributed by atoms with Crippen LogP contribution in [0.2, 0.25) is 0 Å². The van der Waals surface area contributed by atoms with Crippen molar-refractivity contribution in [2.45, 2.75) is 111 Å². The summed E-state index contributed by atoms with van der Waals surface area (Å²) in [5.74, 6) is 0.561. The fourth-order valence-electron chi connectivity index (χ4n) is 9.12. The molecular weight excluding hydrogens is 424 g/mol. The van der Waals surface area contributed by atoms with E-state index in [1.807, 2.05) is 0 Å². The van der Waals surface area contributed by atoms with Gasteiger partial charge in [-0.05, 0) is 62.2 Å². The van der Waals surface area contributed by atoms with E-state index in [9.17, 15) is 14.7 Å². The molecule has 0 aromatic carbocycles. The molecule has 4 rings (SSSR count). The maximum absolute atomic E-state index is 13.2. The van der Waals surface area contributed by atoms with Gasteiger partial charge in [0.05, 0.1) is 18.1 Å². The summed E-state index contributed by atoms with van der Waals surface area (Å²) in [6, 6.07) is 0. The third kappa shape index (κ3) is 3.64. The fraction of sp³-hybridized carbons (Fsp3) is 0.867. The van der Waals surface area contributed by atoms with Gasteiger partial charge in [0.1, 0.15) is 11.7 Å². The predicted molar refractivity (Wildman–Crippen MR) is 135 cm³/mol. The van der Waals surface area contributed by atoms with Crippen molar-refractivity contribution < 1.29 is 19.4 Å². The molecule has 4 aliphatic rings. The van der Waals surface area contributed by atoms with Crippen LogP contribution in [0.5, 0.6) is 0 Å². The Bertz CT molecular complexity index is 802. The van der Waals surface area contributed by atoms with Crippen LogP contribution in [0.4, 0.5) is 0 Å². The molecule has 0 aromatic heterocycles. The molecule has 0 aliphatic heterocycles. The van der Waals surface area contributed by atoms with Gasteiger partial charge in [-0.1, -0.05) is 84.3 Å². The fourth-order valence-corrected chi connectivity index (χ4v) is 9.12. The lowest BCUT2D eigenvalue weighted by Gasteiger charge is -2.53. The van der Waals surface area contributed by atoms with Crippen molar-refractivity contribution in [1.82, 2.24) is 0 Å². The van der Waals surface area contributed by atoms with Gasteiger partial charge in [-0.15, -0.1) is 0 Å². The van der Waals surface area contributed by atoms with Crippen LogP contribution in [0.15, 0.2) is 11.6 Å². The van der Waals surface area contributed by atoms with Gasteiger partial charge in [0.15, 0.2) is 0 Å². The Balaban J connectivity index is 1.57. The molecule has 4 bridgehead atoms. The van der Waals surface area contributed by atoms with Crippen molar-refractivity contribution in [3.63, 3.8) is 0 Å². The number of carboxylic acids is 1. The monoisotopic (exact) mass is 472 g/mol. The van der Waals surface area contributed by atoms with Crippen LogP contribution < -0.4 is 0 Å². The van der Waals surface area contributed by atoms with Gasteiger partial charge in [-0.3, -0.25) is 4.79 Å². The number of aliphatic carboxylic acids is 1. The van der Waals surface area contributed by atoms with Gasteiger partial charge in [-0.25, -0.2) is 0 Å². The second kappa shape index (κ2) is 9.71. The van der Waals surface area contributed by atoms with Gasteiger partial charge >= 0.3 is 5.97 Å². The molecule has 0 saturated heterocycles. The lowest BCUT2D eigenvalue weighted by molar-refractivity contribution is -0.169. The Morgan fingerprint density at radius 2 is 1.88 bits per heavy atom. The molecule has 1 N–H and O–H groups in total. The quantitative estimate of drug-likeness (QED) is 0.177. The molecule has 0 aromatic rings. The second-order valence-electron chi connectivity index (χ2n) is 12.7. The van der Waals surface area contributed by atoms with E-state index in [-0.39, 0.29) is 29.3 Å². The van der Waals surface area contributed by atoms with E-state index in [1.54, 1.807) is 0 Å². The lowest BCUT2D eigenvalue weighted by Crippen LogP contribution is -2.58. The predicted octanol–water partition coefficient (Wildman–Crippen LogP) is 7.07. The highest BCUT2D eigenvalue weighted by Gasteiger charge is 2.82. The van der Waals surface area contributed by atoms with Gasteiger partial charge < -0.3 is 14.6 Å². The number of hydrogen-bond donors (Lipinski definition) is 1. The molecule has 0 amide bonds. The first kappa shape index (κ1) is 25.9. The highest BCUT2D eigenvalue weighted by Crippen LogP contribution is 2.81. The molecule has 3 saturated carbocycles. The first-order valence-corrected chi connectivity index (χ1v) is 14.2. The van der Waals surface area contributed by atoms with Crippen LogP contribution in [0, 0.1) is 45.8 Å².